The van der Waals surface area contributed by atoms with Crippen molar-refractivity contribution < 1.29 is 14.6 Å². The zero-order valence-corrected chi connectivity index (χ0v) is 8.73. The summed E-state index contributed by atoms with van der Waals surface area (Å²) in [6, 6.07) is 1.95. The Hall–Kier alpha value is -1.09. The smallest absolute Gasteiger partial charge is 0.164 e. The largest absolute Gasteiger partial charge is 0.388 e. The van der Waals surface area contributed by atoms with Crippen LogP contribution in [0.25, 0.3) is 0 Å². The number of nitrogens with zero attached hydrogens (tertiary/aromatic N) is 1. The molecule has 0 aromatic heterocycles. The van der Waals surface area contributed by atoms with Crippen LogP contribution in [-0.4, -0.2) is 35.8 Å². The van der Waals surface area contributed by atoms with Gasteiger partial charge in [-0.3, -0.25) is 0 Å². The second-order valence-electron chi connectivity index (χ2n) is 4.20. The summed E-state index contributed by atoms with van der Waals surface area (Å²) < 4.78 is 11.2. The third kappa shape index (κ3) is 1.84. The lowest BCUT2D eigenvalue weighted by Gasteiger charge is -2.30. The maximum Gasteiger partial charge on any atom is 0.164 e. The zero-order chi connectivity index (χ0) is 11.1. The van der Waals surface area contributed by atoms with E-state index in [9.17, 15) is 5.11 Å². The molecule has 0 spiro atoms. The van der Waals surface area contributed by atoms with Gasteiger partial charge in [-0.1, -0.05) is 0 Å². The third-order valence-corrected chi connectivity index (χ3v) is 2.55. The van der Waals surface area contributed by atoms with E-state index in [1.54, 1.807) is 13.8 Å². The van der Waals surface area contributed by atoms with Crippen LogP contribution in [0.4, 0.5) is 0 Å². The lowest BCUT2D eigenvalue weighted by molar-refractivity contribution is -0.151. The minimum Gasteiger partial charge on any atom is -0.388 e. The van der Waals surface area contributed by atoms with Crippen molar-refractivity contribution in [3.63, 3.8) is 0 Å². The fourth-order valence-electron chi connectivity index (χ4n) is 1.95. The van der Waals surface area contributed by atoms with Crippen LogP contribution < -0.4 is 5.32 Å². The van der Waals surface area contributed by atoms with Crippen molar-refractivity contribution in [3.8, 4) is 6.07 Å². The van der Waals surface area contributed by atoms with Gasteiger partial charge in [-0.05, 0) is 13.8 Å². The van der Waals surface area contributed by atoms with Crippen molar-refractivity contribution in [2.75, 3.05) is 6.54 Å². The van der Waals surface area contributed by atoms with E-state index >= 15 is 0 Å². The Labute approximate surface area is 88.3 Å². The molecule has 2 N–H and O–H groups in total. The van der Waals surface area contributed by atoms with Crippen LogP contribution in [0.1, 0.15) is 13.8 Å². The Balaban J connectivity index is 2.24. The summed E-state index contributed by atoms with van der Waals surface area (Å²) in [6.45, 7) is 3.97. The van der Waals surface area contributed by atoms with Crippen molar-refractivity contribution in [2.24, 2.45) is 0 Å². The van der Waals surface area contributed by atoms with Crippen LogP contribution in [0.15, 0.2) is 11.8 Å². The molecule has 15 heavy (non-hydrogen) atoms. The lowest BCUT2D eigenvalue weighted by atomic mass is 10.0. The summed E-state index contributed by atoms with van der Waals surface area (Å²) in [5, 5.41) is 21.3. The second-order valence-corrected chi connectivity index (χ2v) is 4.20. The fraction of sp³-hybridized carbons (Fsp3) is 0.700. The van der Waals surface area contributed by atoms with Crippen LogP contribution in [0, 0.1) is 11.3 Å². The second kappa shape index (κ2) is 3.49. The molecule has 2 aliphatic heterocycles. The summed E-state index contributed by atoms with van der Waals surface area (Å²) in [5.74, 6) is -0.711. The highest BCUT2D eigenvalue weighted by Gasteiger charge is 2.48. The van der Waals surface area contributed by atoms with E-state index in [0.29, 0.717) is 12.2 Å². The van der Waals surface area contributed by atoms with E-state index in [1.165, 1.54) is 6.08 Å². The Bertz CT molecular complexity index is 332. The maximum atomic E-state index is 9.72. The highest BCUT2D eigenvalue weighted by molar-refractivity contribution is 5.22. The van der Waals surface area contributed by atoms with E-state index in [1.807, 2.05) is 6.07 Å². The summed E-state index contributed by atoms with van der Waals surface area (Å²) in [6.07, 6.45) is 0.0331. The molecular weight excluding hydrogens is 196 g/mol. The van der Waals surface area contributed by atoms with Crippen molar-refractivity contribution in [1.29, 1.82) is 5.26 Å². The van der Waals surface area contributed by atoms with Crippen molar-refractivity contribution in [3.05, 3.63) is 11.8 Å². The zero-order valence-electron chi connectivity index (χ0n) is 8.73. The first-order chi connectivity index (χ1) is 7.03. The molecule has 0 aromatic rings. The minimum atomic E-state index is -0.711. The van der Waals surface area contributed by atoms with Gasteiger partial charge in [-0.2, -0.15) is 5.26 Å². The summed E-state index contributed by atoms with van der Waals surface area (Å²) >= 11 is 0. The first-order valence-electron chi connectivity index (χ1n) is 4.91. The number of aliphatic hydroxyl groups excluding tert-OH is 1. The Kier molecular flexibility index (Phi) is 2.43. The van der Waals surface area contributed by atoms with Crippen molar-refractivity contribution >= 4 is 0 Å². The van der Waals surface area contributed by atoms with E-state index in [-0.39, 0.29) is 12.2 Å². The van der Waals surface area contributed by atoms with Crippen molar-refractivity contribution in [2.45, 2.75) is 37.9 Å². The summed E-state index contributed by atoms with van der Waals surface area (Å²) in [5.41, 5.74) is 0.679. The first-order valence-corrected chi connectivity index (χ1v) is 4.91. The highest BCUT2D eigenvalue weighted by Crippen LogP contribution is 2.34. The van der Waals surface area contributed by atoms with Crippen LogP contribution in [0.5, 0.6) is 0 Å². The predicted molar refractivity (Wildman–Crippen MR) is 51.5 cm³/mol. The number of hydrogen-bond donors (Lipinski definition) is 2. The fourth-order valence-corrected chi connectivity index (χ4v) is 1.95. The molecule has 0 bridgehead atoms. The number of allylic oxidation sites excluding steroid dienone is 1. The molecule has 0 aliphatic carbocycles. The number of ether oxygens (including phenoxy) is 2. The molecule has 2 heterocycles. The van der Waals surface area contributed by atoms with Crippen LogP contribution in [0.3, 0.4) is 0 Å². The number of nitrogens with one attached hydrogen (secondary N) is 1. The Morgan fingerprint density at radius 2 is 2.33 bits per heavy atom. The SMILES string of the molecule is CC1(C)O[C@@H]2[C@H](O)CN/C(=C/C#N)[C@@H]2O1. The topological polar surface area (TPSA) is 74.5 Å². The molecule has 0 saturated carbocycles. The number of fused-ring (bicyclic) bond motifs is 1. The lowest BCUT2D eigenvalue weighted by Crippen LogP contribution is -2.50. The normalized spacial score (nSPS) is 40.7. The van der Waals surface area contributed by atoms with Gasteiger partial charge in [-0.15, -0.1) is 0 Å². The third-order valence-electron chi connectivity index (χ3n) is 2.55. The van der Waals surface area contributed by atoms with Crippen molar-refractivity contribution in [1.82, 2.24) is 5.32 Å². The molecular formula is C10H14N2O3. The number of nitriles is 1. The van der Waals surface area contributed by atoms with Gasteiger partial charge in [0.05, 0.1) is 11.8 Å². The standard InChI is InChI=1S/C10H14N2O3/c1-10(2)14-8-6(3-4-11)12-5-7(13)9(8)15-10/h3,7-9,12-13H,5H2,1-2H3/b6-3+/t7-,8+,9-/m1/s1. The number of rotatable bonds is 0. The first kappa shape index (κ1) is 10.4. The quantitative estimate of drug-likeness (QED) is 0.545. The van der Waals surface area contributed by atoms with Crippen LogP contribution >= 0.6 is 0 Å². The Morgan fingerprint density at radius 1 is 1.60 bits per heavy atom. The van der Waals surface area contributed by atoms with Crippen LogP contribution in [-0.2, 0) is 9.47 Å². The van der Waals surface area contributed by atoms with E-state index in [0.717, 1.165) is 0 Å². The average Bonchev–Trinajstić information content (AvgIpc) is 2.47. The molecule has 2 saturated heterocycles. The molecule has 2 aliphatic rings. The number of aliphatic hydroxyl groups is 1. The van der Waals surface area contributed by atoms with Gasteiger partial charge in [0, 0.05) is 12.6 Å². The molecule has 0 radical (unpaired) electrons. The predicted octanol–water partition coefficient (Wildman–Crippen LogP) is -0.122. The van der Waals surface area contributed by atoms with Gasteiger partial charge in [0.2, 0.25) is 0 Å². The molecule has 2 rings (SSSR count). The van der Waals surface area contributed by atoms with E-state index in [4.69, 9.17) is 14.7 Å². The summed E-state index contributed by atoms with van der Waals surface area (Å²) in [7, 11) is 0. The molecule has 82 valence electrons. The minimum absolute atomic E-state index is 0.372. The molecule has 3 atom stereocenters. The average molecular weight is 210 g/mol. The number of hydrogen-bond acceptors (Lipinski definition) is 5. The highest BCUT2D eigenvalue weighted by atomic mass is 16.8. The number of β-amino-alcohol motifs (C(OH)–C–C–N with tert-alkyl or cyclic N) is 1. The van der Waals surface area contributed by atoms with Gasteiger partial charge >= 0.3 is 0 Å². The van der Waals surface area contributed by atoms with Crippen LogP contribution in [0.2, 0.25) is 0 Å². The monoisotopic (exact) mass is 210 g/mol. The van der Waals surface area contributed by atoms with Gasteiger partial charge in [-0.25, -0.2) is 0 Å². The maximum absolute atomic E-state index is 9.72. The van der Waals surface area contributed by atoms with E-state index < -0.39 is 11.9 Å². The van der Waals surface area contributed by atoms with Gasteiger partial charge in [0.15, 0.2) is 5.79 Å². The van der Waals surface area contributed by atoms with E-state index in [2.05, 4.69) is 5.32 Å². The van der Waals surface area contributed by atoms with Gasteiger partial charge < -0.3 is 19.9 Å². The summed E-state index contributed by atoms with van der Waals surface area (Å²) in [4.78, 5) is 0. The van der Waals surface area contributed by atoms with Gasteiger partial charge in [0.25, 0.3) is 0 Å². The molecule has 0 unspecified atom stereocenters. The molecule has 0 aromatic carbocycles. The number of piperidine rings is 1. The molecule has 0 amide bonds. The Morgan fingerprint density at radius 3 is 3.00 bits per heavy atom. The van der Waals surface area contributed by atoms with Gasteiger partial charge in [0.1, 0.15) is 18.3 Å². The molecule has 2 fully saturated rings. The molecule has 5 heteroatoms. The molecule has 5 nitrogen and oxygen atoms in total.